The SMILES string of the molecule is CCCCOCCCN1CC(=O)N2[C@H](C)c3[nH]c4ccccc4c3C[C@H]2C1=O. The standard InChI is InChI=1S/C22H29N3O3/c1-3-4-11-28-12-7-10-24-14-20(26)25-15(2)21-17(13-19(25)22(24)27)16-8-5-6-9-18(16)23-21/h5-6,8-9,15,19,23H,3-4,7,10-14H2,1-2H3/t15-,19+/m1/s1. The van der Waals surface area contributed by atoms with Crippen molar-refractivity contribution in [2.45, 2.75) is 51.6 Å². The number of nitrogens with one attached hydrogen (secondary N) is 1. The maximum absolute atomic E-state index is 13.2. The first-order valence-electron chi connectivity index (χ1n) is 10.4. The number of carbonyl (C=O) groups is 2. The quantitative estimate of drug-likeness (QED) is 0.748. The highest BCUT2D eigenvalue weighted by atomic mass is 16.5. The molecule has 0 saturated carbocycles. The van der Waals surface area contributed by atoms with E-state index in [4.69, 9.17) is 4.74 Å². The third-order valence-corrected chi connectivity index (χ3v) is 5.98. The van der Waals surface area contributed by atoms with Gasteiger partial charge in [0.2, 0.25) is 11.8 Å². The molecule has 0 aliphatic carbocycles. The van der Waals surface area contributed by atoms with E-state index in [0.29, 0.717) is 19.6 Å². The number of ether oxygens (including phenoxy) is 1. The van der Waals surface area contributed by atoms with E-state index in [1.807, 2.05) is 25.1 Å². The Bertz CT molecular complexity index is 875. The minimum absolute atomic E-state index is 0.0355. The molecule has 6 heteroatoms. The van der Waals surface area contributed by atoms with Crippen molar-refractivity contribution in [2.75, 3.05) is 26.3 Å². The molecule has 1 N–H and O–H groups in total. The number of benzene rings is 1. The van der Waals surface area contributed by atoms with Crippen LogP contribution in [0.25, 0.3) is 10.9 Å². The van der Waals surface area contributed by atoms with Crippen LogP contribution in [-0.4, -0.2) is 58.9 Å². The maximum atomic E-state index is 13.2. The lowest BCUT2D eigenvalue weighted by molar-refractivity contribution is -0.159. The molecule has 0 spiro atoms. The van der Waals surface area contributed by atoms with Crippen LogP contribution in [0, 0.1) is 0 Å². The molecule has 0 bridgehead atoms. The number of unbranched alkanes of at least 4 members (excludes halogenated alkanes) is 1. The number of hydrogen-bond acceptors (Lipinski definition) is 3. The highest BCUT2D eigenvalue weighted by Gasteiger charge is 2.45. The van der Waals surface area contributed by atoms with Crippen LogP contribution in [0.15, 0.2) is 24.3 Å². The molecule has 1 aromatic heterocycles. The van der Waals surface area contributed by atoms with Crippen molar-refractivity contribution >= 4 is 22.7 Å². The van der Waals surface area contributed by atoms with E-state index in [9.17, 15) is 9.59 Å². The lowest BCUT2D eigenvalue weighted by atomic mass is 9.90. The zero-order valence-electron chi connectivity index (χ0n) is 16.7. The Labute approximate surface area is 165 Å². The van der Waals surface area contributed by atoms with Crippen LogP contribution in [0.4, 0.5) is 0 Å². The molecule has 0 unspecified atom stereocenters. The first-order chi connectivity index (χ1) is 13.6. The van der Waals surface area contributed by atoms with Crippen molar-refractivity contribution in [3.63, 3.8) is 0 Å². The Morgan fingerprint density at radius 1 is 1.18 bits per heavy atom. The predicted molar refractivity (Wildman–Crippen MR) is 108 cm³/mol. The monoisotopic (exact) mass is 383 g/mol. The summed E-state index contributed by atoms with van der Waals surface area (Å²) in [5, 5.41) is 1.16. The van der Waals surface area contributed by atoms with Gasteiger partial charge < -0.3 is 19.5 Å². The summed E-state index contributed by atoms with van der Waals surface area (Å²) < 4.78 is 5.60. The molecule has 2 amide bonds. The average Bonchev–Trinajstić information content (AvgIpc) is 3.07. The van der Waals surface area contributed by atoms with Gasteiger partial charge in [-0.1, -0.05) is 31.5 Å². The largest absolute Gasteiger partial charge is 0.381 e. The molecular weight excluding hydrogens is 354 g/mol. The number of amides is 2. The van der Waals surface area contributed by atoms with Crippen molar-refractivity contribution in [2.24, 2.45) is 0 Å². The summed E-state index contributed by atoms with van der Waals surface area (Å²) in [6.45, 7) is 6.30. The Morgan fingerprint density at radius 2 is 1.96 bits per heavy atom. The van der Waals surface area contributed by atoms with E-state index < -0.39 is 6.04 Å². The summed E-state index contributed by atoms with van der Waals surface area (Å²) in [6.07, 6.45) is 3.52. The molecule has 0 radical (unpaired) electrons. The minimum Gasteiger partial charge on any atom is -0.381 e. The Kier molecular flexibility index (Phi) is 5.40. The molecule has 150 valence electrons. The van der Waals surface area contributed by atoms with Crippen LogP contribution in [-0.2, 0) is 20.7 Å². The average molecular weight is 383 g/mol. The van der Waals surface area contributed by atoms with Crippen molar-refractivity contribution in [3.05, 3.63) is 35.5 Å². The molecule has 4 rings (SSSR count). The zero-order valence-corrected chi connectivity index (χ0v) is 16.7. The van der Waals surface area contributed by atoms with Gasteiger partial charge in [-0.3, -0.25) is 9.59 Å². The fourth-order valence-corrected chi connectivity index (χ4v) is 4.52. The molecule has 6 nitrogen and oxygen atoms in total. The van der Waals surface area contributed by atoms with Crippen LogP contribution >= 0.6 is 0 Å². The van der Waals surface area contributed by atoms with Crippen LogP contribution in [0.5, 0.6) is 0 Å². The maximum Gasteiger partial charge on any atom is 0.246 e. The van der Waals surface area contributed by atoms with E-state index in [1.54, 1.807) is 9.80 Å². The number of aromatic amines is 1. The Morgan fingerprint density at radius 3 is 2.79 bits per heavy atom. The summed E-state index contributed by atoms with van der Waals surface area (Å²) in [5.74, 6) is 0.101. The second kappa shape index (κ2) is 7.95. The van der Waals surface area contributed by atoms with Gasteiger partial charge in [0.1, 0.15) is 6.04 Å². The summed E-state index contributed by atoms with van der Waals surface area (Å²) in [7, 11) is 0. The highest BCUT2D eigenvalue weighted by Crippen LogP contribution is 2.38. The summed E-state index contributed by atoms with van der Waals surface area (Å²) in [4.78, 5) is 33.0. The van der Waals surface area contributed by atoms with Gasteiger partial charge in [-0.2, -0.15) is 0 Å². The smallest absolute Gasteiger partial charge is 0.246 e. The number of hydrogen-bond donors (Lipinski definition) is 1. The van der Waals surface area contributed by atoms with E-state index >= 15 is 0 Å². The molecule has 2 aromatic rings. The van der Waals surface area contributed by atoms with E-state index in [-0.39, 0.29) is 24.4 Å². The van der Waals surface area contributed by atoms with Gasteiger partial charge in [-0.05, 0) is 31.4 Å². The third kappa shape index (κ3) is 3.30. The van der Waals surface area contributed by atoms with Crippen molar-refractivity contribution in [1.29, 1.82) is 0 Å². The number of piperazine rings is 1. The van der Waals surface area contributed by atoms with E-state index in [1.165, 1.54) is 5.56 Å². The van der Waals surface area contributed by atoms with E-state index in [0.717, 1.165) is 42.5 Å². The second-order valence-electron chi connectivity index (χ2n) is 7.84. The van der Waals surface area contributed by atoms with Crippen molar-refractivity contribution in [3.8, 4) is 0 Å². The van der Waals surface area contributed by atoms with Gasteiger partial charge in [-0.15, -0.1) is 0 Å². The molecule has 1 fully saturated rings. The van der Waals surface area contributed by atoms with Crippen LogP contribution < -0.4 is 0 Å². The molecule has 2 aliphatic rings. The summed E-state index contributed by atoms with van der Waals surface area (Å²) in [5.41, 5.74) is 3.31. The summed E-state index contributed by atoms with van der Waals surface area (Å²) in [6, 6.07) is 7.65. The number of nitrogens with zero attached hydrogens (tertiary/aromatic N) is 2. The zero-order chi connectivity index (χ0) is 19.7. The molecule has 3 heterocycles. The fraction of sp³-hybridized carbons (Fsp3) is 0.545. The van der Waals surface area contributed by atoms with Crippen molar-refractivity contribution < 1.29 is 14.3 Å². The van der Waals surface area contributed by atoms with Gasteiger partial charge in [-0.25, -0.2) is 0 Å². The Hall–Kier alpha value is -2.34. The van der Waals surface area contributed by atoms with Gasteiger partial charge >= 0.3 is 0 Å². The minimum atomic E-state index is -0.399. The van der Waals surface area contributed by atoms with E-state index in [2.05, 4.69) is 18.0 Å². The van der Waals surface area contributed by atoms with Crippen LogP contribution in [0.3, 0.4) is 0 Å². The van der Waals surface area contributed by atoms with Gasteiger partial charge in [0, 0.05) is 42.8 Å². The van der Waals surface area contributed by atoms with Gasteiger partial charge in [0.25, 0.3) is 0 Å². The molecule has 2 atom stereocenters. The van der Waals surface area contributed by atoms with Crippen LogP contribution in [0.2, 0.25) is 0 Å². The van der Waals surface area contributed by atoms with Gasteiger partial charge in [0.15, 0.2) is 0 Å². The number of H-pyrrole nitrogens is 1. The molecule has 1 saturated heterocycles. The van der Waals surface area contributed by atoms with Crippen LogP contribution in [0.1, 0.15) is 50.4 Å². The topological polar surface area (TPSA) is 65.6 Å². The third-order valence-electron chi connectivity index (χ3n) is 5.98. The molecule has 28 heavy (non-hydrogen) atoms. The Balaban J connectivity index is 1.49. The molecule has 2 aliphatic heterocycles. The lowest BCUT2D eigenvalue weighted by Crippen LogP contribution is -2.62. The fourth-order valence-electron chi connectivity index (χ4n) is 4.52. The van der Waals surface area contributed by atoms with Crippen molar-refractivity contribution in [1.82, 2.24) is 14.8 Å². The number of carbonyl (C=O) groups excluding carboxylic acids is 2. The number of rotatable bonds is 7. The number of para-hydroxylation sites is 1. The molecular formula is C22H29N3O3. The van der Waals surface area contributed by atoms with Gasteiger partial charge in [0.05, 0.1) is 12.6 Å². The second-order valence-corrected chi connectivity index (χ2v) is 7.84. The first-order valence-corrected chi connectivity index (χ1v) is 10.4. The molecule has 1 aromatic carbocycles. The highest BCUT2D eigenvalue weighted by molar-refractivity contribution is 5.97. The predicted octanol–water partition coefficient (Wildman–Crippen LogP) is 3.03. The normalized spacial score (nSPS) is 21.9. The first kappa shape index (κ1) is 19.0. The number of aromatic nitrogens is 1. The number of fused-ring (bicyclic) bond motifs is 4. The summed E-state index contributed by atoms with van der Waals surface area (Å²) >= 11 is 0. The lowest BCUT2D eigenvalue weighted by Gasteiger charge is -2.46.